The molecule has 160 valence electrons. The van der Waals surface area contributed by atoms with Gasteiger partial charge >= 0.3 is 0 Å². The van der Waals surface area contributed by atoms with E-state index in [0.29, 0.717) is 11.3 Å². The van der Waals surface area contributed by atoms with Gasteiger partial charge in [0.05, 0.1) is 16.7 Å². The number of aromatic carboxylic acids is 1. The van der Waals surface area contributed by atoms with Gasteiger partial charge in [-0.2, -0.15) is 0 Å². The van der Waals surface area contributed by atoms with Crippen molar-refractivity contribution >= 4 is 58.5 Å². The first kappa shape index (κ1) is 21.4. The van der Waals surface area contributed by atoms with E-state index in [2.05, 4.69) is 5.32 Å². The summed E-state index contributed by atoms with van der Waals surface area (Å²) in [5, 5.41) is 13.1. The van der Waals surface area contributed by atoms with Crippen LogP contribution in [0.4, 0.5) is 10.1 Å². The van der Waals surface area contributed by atoms with Gasteiger partial charge in [-0.25, -0.2) is 9.29 Å². The maximum Gasteiger partial charge on any atom is 0.270 e. The molecule has 4 rings (SSSR count). The van der Waals surface area contributed by atoms with Crippen molar-refractivity contribution < 1.29 is 28.3 Å². The number of carbonyl (C=O) groups excluding carboxylic acids is 3. The molecule has 0 aliphatic carbocycles. The minimum atomic E-state index is -1.41. The Balaban J connectivity index is 1.67. The van der Waals surface area contributed by atoms with Gasteiger partial charge in [-0.05, 0) is 48.6 Å². The summed E-state index contributed by atoms with van der Waals surface area (Å²) in [6.45, 7) is 0. The molecule has 2 heterocycles. The van der Waals surface area contributed by atoms with Crippen LogP contribution in [-0.2, 0) is 9.59 Å². The molecule has 0 bridgehead atoms. The third-order valence-corrected chi connectivity index (χ3v) is 5.18. The fourth-order valence-electron chi connectivity index (χ4n) is 3.07. The summed E-state index contributed by atoms with van der Waals surface area (Å²) in [4.78, 5) is 37.2. The van der Waals surface area contributed by atoms with Crippen molar-refractivity contribution in [2.75, 3.05) is 4.90 Å². The van der Waals surface area contributed by atoms with E-state index in [1.165, 1.54) is 54.6 Å². The summed E-state index contributed by atoms with van der Waals surface area (Å²) in [6, 6.07) is 12.7. The number of hydrogen-bond donors (Lipinski definition) is 1. The fourth-order valence-corrected chi connectivity index (χ4v) is 3.60. The predicted octanol–water partition coefficient (Wildman–Crippen LogP) is 2.93. The van der Waals surface area contributed by atoms with Gasteiger partial charge in [0, 0.05) is 11.1 Å². The van der Waals surface area contributed by atoms with E-state index >= 15 is 0 Å². The average molecular weight is 470 g/mol. The number of amides is 2. The van der Waals surface area contributed by atoms with Crippen LogP contribution >= 0.6 is 23.8 Å². The van der Waals surface area contributed by atoms with E-state index in [1.54, 1.807) is 6.07 Å². The minimum absolute atomic E-state index is 0.0327. The van der Waals surface area contributed by atoms with Crippen molar-refractivity contribution in [3.05, 3.63) is 82.3 Å². The van der Waals surface area contributed by atoms with Gasteiger partial charge in [0.25, 0.3) is 11.8 Å². The topological polar surface area (TPSA) is 103 Å². The van der Waals surface area contributed by atoms with Gasteiger partial charge in [0.15, 0.2) is 5.11 Å². The van der Waals surface area contributed by atoms with Crippen molar-refractivity contribution in [1.29, 1.82) is 0 Å². The number of carboxylic acid groups (broad SMARTS) is 1. The Morgan fingerprint density at radius 1 is 1.16 bits per heavy atom. The zero-order valence-corrected chi connectivity index (χ0v) is 17.5. The number of carboxylic acids is 1. The number of benzene rings is 2. The second-order valence-corrected chi connectivity index (χ2v) is 7.39. The summed E-state index contributed by atoms with van der Waals surface area (Å²) >= 11 is 11.0. The smallest absolute Gasteiger partial charge is 0.270 e. The highest BCUT2D eigenvalue weighted by Gasteiger charge is 2.35. The largest absolute Gasteiger partial charge is 0.545 e. The maximum atomic E-state index is 14.2. The van der Waals surface area contributed by atoms with Crippen molar-refractivity contribution in [3.63, 3.8) is 0 Å². The third kappa shape index (κ3) is 3.91. The molecule has 1 fully saturated rings. The summed E-state index contributed by atoms with van der Waals surface area (Å²) in [5.74, 6) is -3.20. The lowest BCUT2D eigenvalue weighted by atomic mass is 10.1. The van der Waals surface area contributed by atoms with Gasteiger partial charge in [-0.3, -0.25) is 14.9 Å². The van der Waals surface area contributed by atoms with Crippen molar-refractivity contribution in [2.24, 2.45) is 0 Å². The Morgan fingerprint density at radius 2 is 1.91 bits per heavy atom. The molecule has 1 N–H and O–H groups in total. The first-order valence-electron chi connectivity index (χ1n) is 9.03. The molecule has 0 radical (unpaired) electrons. The van der Waals surface area contributed by atoms with E-state index in [4.69, 9.17) is 28.2 Å². The number of carbonyl (C=O) groups is 3. The van der Waals surface area contributed by atoms with Crippen LogP contribution < -0.4 is 15.3 Å². The van der Waals surface area contributed by atoms with E-state index < -0.39 is 23.6 Å². The number of hydrogen-bond acceptors (Lipinski definition) is 6. The maximum absolute atomic E-state index is 14.2. The van der Waals surface area contributed by atoms with Crippen molar-refractivity contribution in [3.8, 4) is 11.3 Å². The number of rotatable bonds is 4. The summed E-state index contributed by atoms with van der Waals surface area (Å²) in [6.07, 6.45) is 1.20. The number of nitrogens with one attached hydrogen (secondary N) is 1. The third-order valence-electron chi connectivity index (χ3n) is 4.58. The molecule has 0 spiro atoms. The van der Waals surface area contributed by atoms with Crippen molar-refractivity contribution in [2.45, 2.75) is 0 Å². The van der Waals surface area contributed by atoms with E-state index in [0.717, 1.165) is 4.90 Å². The standard InChI is InChI=1S/C22H12ClFN2O5S/c23-15-9-11(5-7-13(15)21(29)30)18-8-6-12(31-18)10-14-19(27)25-22(32)26(20(14)28)17-4-2-1-3-16(17)24/h1-10H,(H,29,30)(H,25,27,32)/p-1/b14-10+. The van der Waals surface area contributed by atoms with Crippen LogP contribution in [0.2, 0.25) is 5.02 Å². The molecular formula is C22H11ClFN2O5S-. The number of thiocarbonyl (C=S) groups is 1. The van der Waals surface area contributed by atoms with Crippen LogP contribution in [0.25, 0.3) is 17.4 Å². The summed E-state index contributed by atoms with van der Waals surface area (Å²) < 4.78 is 19.9. The zero-order chi connectivity index (χ0) is 23.0. The lowest BCUT2D eigenvalue weighted by Crippen LogP contribution is -2.54. The van der Waals surface area contributed by atoms with Crippen LogP contribution in [0.3, 0.4) is 0 Å². The van der Waals surface area contributed by atoms with Crippen LogP contribution in [0.1, 0.15) is 16.1 Å². The lowest BCUT2D eigenvalue weighted by Gasteiger charge is -2.28. The Labute approximate surface area is 190 Å². The van der Waals surface area contributed by atoms with Gasteiger partial charge in [0.1, 0.15) is 22.9 Å². The molecule has 32 heavy (non-hydrogen) atoms. The molecule has 1 aliphatic rings. The van der Waals surface area contributed by atoms with Gasteiger partial charge in [0.2, 0.25) is 0 Å². The van der Waals surface area contributed by atoms with E-state index in [-0.39, 0.29) is 32.7 Å². The normalized spacial score (nSPS) is 15.2. The molecule has 3 aromatic rings. The molecule has 7 nitrogen and oxygen atoms in total. The second-order valence-electron chi connectivity index (χ2n) is 6.59. The molecule has 10 heteroatoms. The van der Waals surface area contributed by atoms with Gasteiger partial charge in [-0.15, -0.1) is 0 Å². The lowest BCUT2D eigenvalue weighted by molar-refractivity contribution is -0.255. The molecule has 0 atom stereocenters. The SMILES string of the molecule is O=C1NC(=S)N(c2ccccc2F)C(=O)/C1=C/c1ccc(-c2ccc(C(=O)[O-])c(Cl)c2)o1. The van der Waals surface area contributed by atoms with Gasteiger partial charge < -0.3 is 14.3 Å². The van der Waals surface area contributed by atoms with Gasteiger partial charge in [-0.1, -0.05) is 35.9 Å². The van der Waals surface area contributed by atoms with Crippen LogP contribution in [-0.4, -0.2) is 22.9 Å². The highest BCUT2D eigenvalue weighted by Crippen LogP contribution is 2.29. The van der Waals surface area contributed by atoms with E-state index in [1.807, 2.05) is 0 Å². The van der Waals surface area contributed by atoms with Crippen LogP contribution in [0, 0.1) is 5.82 Å². The van der Waals surface area contributed by atoms with Crippen molar-refractivity contribution in [1.82, 2.24) is 5.32 Å². The van der Waals surface area contributed by atoms with Crippen LogP contribution in [0.15, 0.2) is 64.6 Å². The quantitative estimate of drug-likeness (QED) is 0.358. The number of nitrogens with zero attached hydrogens (tertiary/aromatic N) is 1. The molecule has 0 unspecified atom stereocenters. The predicted molar refractivity (Wildman–Crippen MR) is 116 cm³/mol. The molecule has 1 aromatic heterocycles. The Bertz CT molecular complexity index is 1330. The number of furan rings is 1. The molecule has 1 saturated heterocycles. The first-order chi connectivity index (χ1) is 15.3. The van der Waals surface area contributed by atoms with E-state index in [9.17, 15) is 23.9 Å². The Morgan fingerprint density at radius 3 is 2.59 bits per heavy atom. The number of para-hydroxylation sites is 1. The fraction of sp³-hybridized carbons (Fsp3) is 0. The molecular weight excluding hydrogens is 459 g/mol. The monoisotopic (exact) mass is 469 g/mol. The minimum Gasteiger partial charge on any atom is -0.545 e. The highest BCUT2D eigenvalue weighted by atomic mass is 35.5. The second kappa shape index (κ2) is 8.37. The first-order valence-corrected chi connectivity index (χ1v) is 9.82. The Hall–Kier alpha value is -3.82. The zero-order valence-electron chi connectivity index (χ0n) is 15.9. The number of halogens is 2. The molecule has 0 saturated carbocycles. The highest BCUT2D eigenvalue weighted by molar-refractivity contribution is 7.80. The molecule has 1 aliphatic heterocycles. The number of anilines is 1. The average Bonchev–Trinajstić information content (AvgIpc) is 3.21. The molecule has 2 amide bonds. The molecule has 2 aromatic carbocycles. The Kier molecular flexibility index (Phi) is 5.60. The summed E-state index contributed by atoms with van der Waals surface area (Å²) in [5.41, 5.74) is -0.111. The summed E-state index contributed by atoms with van der Waals surface area (Å²) in [7, 11) is 0. The van der Waals surface area contributed by atoms with Crippen LogP contribution in [0.5, 0.6) is 0 Å².